The molecule has 0 radical (unpaired) electrons. The lowest BCUT2D eigenvalue weighted by atomic mass is 10.1. The number of hydrogen-bond acceptors (Lipinski definition) is 2. The second-order valence-corrected chi connectivity index (χ2v) is 7.64. The molecule has 0 spiro atoms. The fourth-order valence-corrected chi connectivity index (χ4v) is 3.85. The quantitative estimate of drug-likeness (QED) is 0.447. The van der Waals surface area contributed by atoms with E-state index in [-0.39, 0.29) is 0 Å². The van der Waals surface area contributed by atoms with Crippen LogP contribution in [0.15, 0.2) is 48.7 Å². The van der Waals surface area contributed by atoms with Gasteiger partial charge in [0.05, 0.1) is 0 Å². The largest absolute Gasteiger partial charge is 0.361 e. The summed E-state index contributed by atoms with van der Waals surface area (Å²) in [7, 11) is 0. The molecular weight excluding hydrogens is 402 g/mol. The summed E-state index contributed by atoms with van der Waals surface area (Å²) >= 11 is 5.62. The van der Waals surface area contributed by atoms with E-state index in [2.05, 4.69) is 40.0 Å². The van der Waals surface area contributed by atoms with E-state index in [1.165, 1.54) is 12.1 Å². The van der Waals surface area contributed by atoms with Crippen molar-refractivity contribution in [3.8, 4) is 0 Å². The predicted molar refractivity (Wildman–Crippen MR) is 124 cm³/mol. The van der Waals surface area contributed by atoms with Gasteiger partial charge in [0.2, 0.25) is 0 Å². The Balaban J connectivity index is 1.76. The number of anilines is 1. The fourth-order valence-electron chi connectivity index (χ4n) is 3.57. The normalized spacial score (nSPS) is 11.2. The maximum absolute atomic E-state index is 13.6. The van der Waals surface area contributed by atoms with Crippen LogP contribution in [0.4, 0.5) is 14.5 Å². The maximum Gasteiger partial charge on any atom is 0.173 e. The van der Waals surface area contributed by atoms with Gasteiger partial charge in [0, 0.05) is 41.9 Å². The lowest BCUT2D eigenvalue weighted by Crippen LogP contribution is -2.36. The summed E-state index contributed by atoms with van der Waals surface area (Å²) < 4.78 is 27.2. The van der Waals surface area contributed by atoms with Crippen LogP contribution in [0.25, 0.3) is 10.9 Å². The van der Waals surface area contributed by atoms with Crippen molar-refractivity contribution >= 4 is 33.9 Å². The zero-order valence-electron chi connectivity index (χ0n) is 17.4. The van der Waals surface area contributed by atoms with Gasteiger partial charge in [0.1, 0.15) is 11.6 Å². The van der Waals surface area contributed by atoms with Gasteiger partial charge in [-0.25, -0.2) is 8.78 Å². The molecule has 0 unspecified atom stereocenters. The van der Waals surface area contributed by atoms with E-state index < -0.39 is 11.6 Å². The molecular formula is C23H28F2N4S. The van der Waals surface area contributed by atoms with Crippen LogP contribution in [-0.4, -0.2) is 46.1 Å². The molecule has 0 aliphatic carbocycles. The van der Waals surface area contributed by atoms with Crippen LogP contribution in [0.1, 0.15) is 25.8 Å². The molecule has 30 heavy (non-hydrogen) atoms. The van der Waals surface area contributed by atoms with Crippen LogP contribution < -0.4 is 5.32 Å². The zero-order valence-corrected chi connectivity index (χ0v) is 18.2. The predicted octanol–water partition coefficient (Wildman–Crippen LogP) is 5.38. The SMILES string of the molecule is CCN(CC)CCCN(Cc1c[nH]c2ccccc12)C(=S)Nc1cc(F)cc(F)c1. The Morgan fingerprint density at radius 2 is 1.73 bits per heavy atom. The van der Waals surface area contributed by atoms with Crippen molar-refractivity contribution in [1.29, 1.82) is 0 Å². The molecule has 2 N–H and O–H groups in total. The Morgan fingerprint density at radius 3 is 2.43 bits per heavy atom. The summed E-state index contributed by atoms with van der Waals surface area (Å²) in [5.74, 6) is -1.27. The van der Waals surface area contributed by atoms with E-state index in [9.17, 15) is 8.78 Å². The molecule has 160 valence electrons. The summed E-state index contributed by atoms with van der Waals surface area (Å²) in [6.45, 7) is 8.62. The Hall–Kier alpha value is -2.51. The first-order valence-electron chi connectivity index (χ1n) is 10.3. The van der Waals surface area contributed by atoms with Crippen molar-refractivity contribution in [1.82, 2.24) is 14.8 Å². The molecule has 7 heteroatoms. The number of rotatable bonds is 9. The summed E-state index contributed by atoms with van der Waals surface area (Å²) in [6, 6.07) is 11.5. The zero-order chi connectivity index (χ0) is 21.5. The Bertz CT molecular complexity index is 964. The summed E-state index contributed by atoms with van der Waals surface area (Å²) in [6.07, 6.45) is 2.93. The number of para-hydroxylation sites is 1. The van der Waals surface area contributed by atoms with Crippen molar-refractivity contribution in [3.05, 3.63) is 65.9 Å². The molecule has 0 saturated carbocycles. The summed E-state index contributed by atoms with van der Waals surface area (Å²) in [4.78, 5) is 7.71. The van der Waals surface area contributed by atoms with Crippen molar-refractivity contribution < 1.29 is 8.78 Å². The Labute approximate surface area is 181 Å². The van der Waals surface area contributed by atoms with Gasteiger partial charge in [-0.1, -0.05) is 32.0 Å². The minimum absolute atomic E-state index is 0.310. The lowest BCUT2D eigenvalue weighted by Gasteiger charge is -2.27. The van der Waals surface area contributed by atoms with Crippen LogP contribution in [0.2, 0.25) is 0 Å². The second-order valence-electron chi connectivity index (χ2n) is 7.25. The van der Waals surface area contributed by atoms with Crippen LogP contribution in [0.5, 0.6) is 0 Å². The van der Waals surface area contributed by atoms with E-state index in [1.54, 1.807) is 0 Å². The first-order valence-corrected chi connectivity index (χ1v) is 10.7. The van der Waals surface area contributed by atoms with Crippen LogP contribution >= 0.6 is 12.2 Å². The molecule has 3 aromatic rings. The third-order valence-electron chi connectivity index (χ3n) is 5.23. The van der Waals surface area contributed by atoms with E-state index >= 15 is 0 Å². The van der Waals surface area contributed by atoms with E-state index in [0.717, 1.165) is 55.1 Å². The molecule has 0 atom stereocenters. The number of benzene rings is 2. The summed E-state index contributed by atoms with van der Waals surface area (Å²) in [5, 5.41) is 4.60. The number of nitrogens with one attached hydrogen (secondary N) is 2. The van der Waals surface area contributed by atoms with Gasteiger partial charge >= 0.3 is 0 Å². The van der Waals surface area contributed by atoms with E-state index in [1.807, 2.05) is 24.4 Å². The standard InChI is InChI=1S/C23H28F2N4S/c1-3-28(4-2)10-7-11-29(16-17-15-26-22-9-6-5-8-21(17)22)23(30)27-20-13-18(24)12-19(25)14-20/h5-6,8-9,12-15,26H,3-4,7,10-11,16H2,1-2H3,(H,27,30). The molecule has 0 aliphatic heterocycles. The molecule has 2 aromatic carbocycles. The minimum Gasteiger partial charge on any atom is -0.361 e. The maximum atomic E-state index is 13.6. The van der Waals surface area contributed by atoms with Crippen LogP contribution in [0, 0.1) is 11.6 Å². The van der Waals surface area contributed by atoms with Gasteiger partial charge in [-0.15, -0.1) is 0 Å². The number of H-pyrrole nitrogens is 1. The van der Waals surface area contributed by atoms with Crippen LogP contribution in [-0.2, 0) is 6.54 Å². The van der Waals surface area contributed by atoms with Crippen molar-refractivity contribution in [2.45, 2.75) is 26.8 Å². The van der Waals surface area contributed by atoms with E-state index in [0.29, 0.717) is 17.3 Å². The van der Waals surface area contributed by atoms with Gasteiger partial charge in [-0.3, -0.25) is 0 Å². The highest BCUT2D eigenvalue weighted by Crippen LogP contribution is 2.21. The van der Waals surface area contributed by atoms with E-state index in [4.69, 9.17) is 12.2 Å². The minimum atomic E-state index is -0.634. The lowest BCUT2D eigenvalue weighted by molar-refractivity contribution is 0.281. The average Bonchev–Trinajstić information content (AvgIpc) is 3.12. The fraction of sp³-hybridized carbons (Fsp3) is 0.348. The van der Waals surface area contributed by atoms with Gasteiger partial charge in [0.15, 0.2) is 5.11 Å². The van der Waals surface area contributed by atoms with Crippen molar-refractivity contribution in [2.75, 3.05) is 31.5 Å². The highest BCUT2D eigenvalue weighted by atomic mass is 32.1. The second kappa shape index (κ2) is 10.5. The van der Waals surface area contributed by atoms with Gasteiger partial charge in [-0.2, -0.15) is 0 Å². The monoisotopic (exact) mass is 430 g/mol. The molecule has 0 aliphatic rings. The van der Waals surface area contributed by atoms with Gasteiger partial charge < -0.3 is 20.1 Å². The van der Waals surface area contributed by atoms with Crippen LogP contribution in [0.3, 0.4) is 0 Å². The molecule has 0 amide bonds. The number of halogens is 2. The first-order chi connectivity index (χ1) is 14.5. The molecule has 0 fully saturated rings. The number of hydrogen-bond donors (Lipinski definition) is 2. The first kappa shape index (κ1) is 22.2. The number of fused-ring (bicyclic) bond motifs is 1. The topological polar surface area (TPSA) is 34.3 Å². The average molecular weight is 431 g/mol. The Morgan fingerprint density at radius 1 is 1.03 bits per heavy atom. The van der Waals surface area contributed by atoms with Crippen molar-refractivity contribution in [2.24, 2.45) is 0 Å². The number of aromatic amines is 1. The Kier molecular flexibility index (Phi) is 7.76. The molecule has 0 saturated heterocycles. The highest BCUT2D eigenvalue weighted by Gasteiger charge is 2.15. The molecule has 1 heterocycles. The molecule has 0 bridgehead atoms. The highest BCUT2D eigenvalue weighted by molar-refractivity contribution is 7.80. The van der Waals surface area contributed by atoms with Gasteiger partial charge in [0.25, 0.3) is 0 Å². The summed E-state index contributed by atoms with van der Waals surface area (Å²) in [5.41, 5.74) is 2.51. The third kappa shape index (κ3) is 5.77. The smallest absolute Gasteiger partial charge is 0.173 e. The molecule has 4 nitrogen and oxygen atoms in total. The molecule has 3 rings (SSSR count). The molecule has 1 aromatic heterocycles. The third-order valence-corrected chi connectivity index (χ3v) is 5.59. The van der Waals surface area contributed by atoms with Crippen molar-refractivity contribution in [3.63, 3.8) is 0 Å². The van der Waals surface area contributed by atoms with Gasteiger partial charge in [-0.05, 0) is 62.0 Å². The number of aromatic nitrogens is 1. The number of nitrogens with zero attached hydrogens (tertiary/aromatic N) is 2. The number of thiocarbonyl (C=S) groups is 1.